The Bertz CT molecular complexity index is 1510. The van der Waals surface area contributed by atoms with E-state index in [4.69, 9.17) is 18.8 Å². The molecular weight excluding hydrogens is 585 g/mol. The number of ether oxygens (including phenoxy) is 2. The van der Waals surface area contributed by atoms with E-state index in [1.54, 1.807) is 19.1 Å². The molecule has 2 amide bonds. The zero-order chi connectivity index (χ0) is 34.7. The predicted molar refractivity (Wildman–Crippen MR) is 183 cm³/mol. The highest BCUT2D eigenvalue weighted by Crippen LogP contribution is 2.36. The first-order chi connectivity index (χ1) is 21.0. The number of Topliss-reactive ketones (excluding diaryl/α,β-unsaturated/α-hetero) is 1. The molecule has 0 radical (unpaired) electrons. The molecule has 1 aromatic heterocycles. The number of amides is 2. The Kier molecular flexibility index (Phi) is 10.9. The molecule has 1 aliphatic heterocycles. The first-order valence-corrected chi connectivity index (χ1v) is 15.3. The minimum Gasteiger partial charge on any atom is -0.444 e. The maximum atomic E-state index is 11.8. The van der Waals surface area contributed by atoms with Gasteiger partial charge in [-0.05, 0) is 111 Å². The van der Waals surface area contributed by atoms with E-state index >= 15 is 0 Å². The van der Waals surface area contributed by atoms with Crippen molar-refractivity contribution in [2.24, 2.45) is 7.05 Å². The molecule has 2 N–H and O–H groups in total. The van der Waals surface area contributed by atoms with Gasteiger partial charge < -0.3 is 23.3 Å². The summed E-state index contributed by atoms with van der Waals surface area (Å²) in [5.41, 5.74) is 3.05. The molecule has 0 bridgehead atoms. The lowest BCUT2D eigenvalue weighted by molar-refractivity contribution is 0.00578. The van der Waals surface area contributed by atoms with Crippen LogP contribution in [0.25, 0.3) is 11.1 Å². The molecule has 1 aliphatic rings. The van der Waals surface area contributed by atoms with Gasteiger partial charge in [0.15, 0.2) is 5.78 Å². The minimum absolute atomic E-state index is 0.0296. The lowest BCUT2D eigenvalue weighted by Gasteiger charge is -2.32. The summed E-state index contributed by atoms with van der Waals surface area (Å²) >= 11 is 0. The van der Waals surface area contributed by atoms with Crippen molar-refractivity contribution < 1.29 is 33.2 Å². The quantitative estimate of drug-likeness (QED) is 0.220. The van der Waals surface area contributed by atoms with Crippen LogP contribution >= 0.6 is 0 Å². The summed E-state index contributed by atoms with van der Waals surface area (Å²) < 4.78 is 24.3. The summed E-state index contributed by atoms with van der Waals surface area (Å²) in [7, 11) is 1.44. The lowest BCUT2D eigenvalue weighted by Crippen LogP contribution is -2.41. The first-order valence-electron chi connectivity index (χ1n) is 15.3. The smallest absolute Gasteiger partial charge is 0.444 e. The van der Waals surface area contributed by atoms with Crippen LogP contribution in [-0.2, 0) is 25.8 Å². The Labute approximate surface area is 273 Å². The maximum Gasteiger partial charge on any atom is 0.494 e. The predicted octanol–water partition coefficient (Wildman–Crippen LogP) is 7.57. The van der Waals surface area contributed by atoms with Crippen LogP contribution in [0.4, 0.5) is 21.0 Å². The normalized spacial score (nSPS) is 15.3. The van der Waals surface area contributed by atoms with E-state index in [9.17, 15) is 14.4 Å². The molecule has 11 heteroatoms. The molecule has 0 spiro atoms. The van der Waals surface area contributed by atoms with Gasteiger partial charge in [-0.25, -0.2) is 9.59 Å². The first kappa shape index (κ1) is 36.4. The van der Waals surface area contributed by atoms with Crippen molar-refractivity contribution in [2.45, 2.75) is 98.6 Å². The number of hydrogen-bond acceptors (Lipinski definition) is 7. The fourth-order valence-corrected chi connectivity index (χ4v) is 4.36. The third-order valence-corrected chi connectivity index (χ3v) is 7.31. The van der Waals surface area contributed by atoms with E-state index in [1.807, 2.05) is 130 Å². The number of anilines is 2. The topological polar surface area (TPSA) is 117 Å². The van der Waals surface area contributed by atoms with Crippen molar-refractivity contribution in [1.82, 2.24) is 4.57 Å². The van der Waals surface area contributed by atoms with Crippen LogP contribution in [0.1, 0.15) is 86.6 Å². The van der Waals surface area contributed by atoms with Crippen molar-refractivity contribution in [3.63, 3.8) is 0 Å². The Morgan fingerprint density at radius 2 is 1.13 bits per heavy atom. The third-order valence-electron chi connectivity index (χ3n) is 7.31. The second kappa shape index (κ2) is 13.7. The summed E-state index contributed by atoms with van der Waals surface area (Å²) in [5.74, 6) is 0.0296. The summed E-state index contributed by atoms with van der Waals surface area (Å²) in [5, 5.41) is 5.40. The molecule has 1 saturated heterocycles. The summed E-state index contributed by atoms with van der Waals surface area (Å²) in [6, 6.07) is 16.6. The third kappa shape index (κ3) is 10.2. The van der Waals surface area contributed by atoms with Crippen molar-refractivity contribution >= 4 is 41.9 Å². The van der Waals surface area contributed by atoms with Gasteiger partial charge in [-0.3, -0.25) is 15.4 Å². The van der Waals surface area contributed by atoms with E-state index in [0.29, 0.717) is 17.1 Å². The molecule has 2 aromatic carbocycles. The molecule has 1 fully saturated rings. The van der Waals surface area contributed by atoms with E-state index in [2.05, 4.69) is 10.6 Å². The molecule has 0 saturated carbocycles. The van der Waals surface area contributed by atoms with Gasteiger partial charge in [0.05, 0.1) is 16.9 Å². The molecule has 46 heavy (non-hydrogen) atoms. The van der Waals surface area contributed by atoms with Crippen molar-refractivity contribution in [2.75, 3.05) is 10.6 Å². The summed E-state index contributed by atoms with van der Waals surface area (Å²) in [6.45, 7) is 20.6. The molecule has 0 aliphatic carbocycles. The maximum absolute atomic E-state index is 11.8. The van der Waals surface area contributed by atoms with Gasteiger partial charge in [0.25, 0.3) is 0 Å². The Morgan fingerprint density at radius 1 is 0.717 bits per heavy atom. The molecule has 4 rings (SSSR count). The molecule has 0 atom stereocenters. The van der Waals surface area contributed by atoms with E-state index in [-0.39, 0.29) is 17.0 Å². The highest BCUT2D eigenvalue weighted by atomic mass is 16.7. The van der Waals surface area contributed by atoms with Crippen molar-refractivity contribution in [3.05, 3.63) is 66.5 Å². The Morgan fingerprint density at radius 3 is 1.50 bits per heavy atom. The van der Waals surface area contributed by atoms with Crippen LogP contribution < -0.4 is 16.1 Å². The molecule has 2 heterocycles. The summed E-state index contributed by atoms with van der Waals surface area (Å²) in [6.07, 6.45) is 0.956. The number of rotatable bonds is 5. The number of aryl methyl sites for hydroxylation is 1. The van der Waals surface area contributed by atoms with Gasteiger partial charge >= 0.3 is 19.3 Å². The number of ketones is 1. The highest BCUT2D eigenvalue weighted by Gasteiger charge is 2.51. The van der Waals surface area contributed by atoms with E-state index < -0.39 is 30.5 Å². The molecule has 3 aromatic rings. The average molecular weight is 634 g/mol. The van der Waals surface area contributed by atoms with Crippen LogP contribution in [0.3, 0.4) is 0 Å². The largest absolute Gasteiger partial charge is 0.494 e. The molecule has 0 unspecified atom stereocenters. The van der Waals surface area contributed by atoms with Gasteiger partial charge in [-0.1, -0.05) is 24.3 Å². The van der Waals surface area contributed by atoms with Crippen LogP contribution in [-0.4, -0.2) is 52.1 Å². The number of carbonyl (C=O) groups is 3. The monoisotopic (exact) mass is 633 g/mol. The Hall–Kier alpha value is -4.09. The van der Waals surface area contributed by atoms with Gasteiger partial charge in [0.1, 0.15) is 11.2 Å². The van der Waals surface area contributed by atoms with Gasteiger partial charge in [0, 0.05) is 37.1 Å². The molecule has 10 nitrogen and oxygen atoms in total. The minimum atomic E-state index is -0.531. The number of aromatic nitrogens is 1. The second-order valence-electron chi connectivity index (χ2n) is 14.3. The van der Waals surface area contributed by atoms with Crippen LogP contribution in [0.15, 0.2) is 60.8 Å². The van der Waals surface area contributed by atoms with E-state index in [1.165, 1.54) is 0 Å². The van der Waals surface area contributed by atoms with Crippen molar-refractivity contribution in [1.29, 1.82) is 0 Å². The fraction of sp³-hybridized carbons (Fsp3) is 0.457. The Balaban J connectivity index is 0.000000250. The van der Waals surface area contributed by atoms with Gasteiger partial charge in [-0.2, -0.15) is 0 Å². The van der Waals surface area contributed by atoms with Crippen molar-refractivity contribution in [3.8, 4) is 11.1 Å². The fourth-order valence-electron chi connectivity index (χ4n) is 4.36. The molecular formula is C35H48BN3O7. The molecule has 248 valence electrons. The second-order valence-corrected chi connectivity index (χ2v) is 14.3. The summed E-state index contributed by atoms with van der Waals surface area (Å²) in [4.78, 5) is 35.0. The zero-order valence-corrected chi connectivity index (χ0v) is 29.2. The number of carbonyl (C=O) groups excluding carboxylic acids is 3. The number of nitrogens with one attached hydrogen (secondary N) is 2. The number of nitrogens with zero attached hydrogens (tertiary/aromatic N) is 1. The van der Waals surface area contributed by atoms with Gasteiger partial charge in [-0.15, -0.1) is 0 Å². The van der Waals surface area contributed by atoms with Gasteiger partial charge in [0.2, 0.25) is 0 Å². The number of benzene rings is 2. The van der Waals surface area contributed by atoms with Crippen LogP contribution in [0, 0.1) is 0 Å². The van der Waals surface area contributed by atoms with Crippen LogP contribution in [0.5, 0.6) is 0 Å². The SMILES string of the molecule is CC(=O)c1cc(-c2ccc(NC(=O)OC(C)(C)C)cc2)cn1C.CC(C)(C)OC(=O)Nc1ccc(B2OC(C)(C)C(C)(C)O2)cc1. The highest BCUT2D eigenvalue weighted by molar-refractivity contribution is 6.62. The van der Waals surface area contributed by atoms with Crippen LogP contribution in [0.2, 0.25) is 0 Å². The lowest BCUT2D eigenvalue weighted by atomic mass is 9.79. The average Bonchev–Trinajstić information content (AvgIpc) is 3.38. The standard InChI is InChI=1S/C18H22N2O3.C17H26BNO4/c1-12(21)16-10-14(11-20(16)5)13-6-8-15(9-7-13)19-17(22)23-18(2,3)4;1-15(2,3)21-14(20)19-13-10-8-12(9-11-13)18-22-16(4,5)17(6,7)23-18/h6-11H,1-5H3,(H,19,22);8-11H,1-7H3,(H,19,20). The van der Waals surface area contributed by atoms with E-state index in [0.717, 1.165) is 16.6 Å². The zero-order valence-electron chi connectivity index (χ0n) is 29.2. The number of hydrogen-bond donors (Lipinski definition) is 2.